The van der Waals surface area contributed by atoms with Gasteiger partial charge in [-0.1, -0.05) is 0 Å². The summed E-state index contributed by atoms with van der Waals surface area (Å²) in [7, 11) is 0. The molecule has 0 radical (unpaired) electrons. The third kappa shape index (κ3) is 2.82. The third-order valence-electron chi connectivity index (χ3n) is 2.18. The molecule has 2 rings (SSSR count). The van der Waals surface area contributed by atoms with Crippen molar-refractivity contribution in [1.29, 1.82) is 0 Å². The van der Waals surface area contributed by atoms with Crippen molar-refractivity contribution in [2.45, 2.75) is 13.2 Å². The molecule has 0 aliphatic heterocycles. The van der Waals surface area contributed by atoms with Crippen LogP contribution in [0.2, 0.25) is 0 Å². The highest BCUT2D eigenvalue weighted by molar-refractivity contribution is 5.25. The molecule has 2 aromatic rings. The normalized spacial score (nSPS) is 10.5. The lowest BCUT2D eigenvalue weighted by Crippen LogP contribution is -1.97. The van der Waals surface area contributed by atoms with Crippen LogP contribution >= 0.6 is 0 Å². The fourth-order valence-electron chi connectivity index (χ4n) is 1.35. The molecule has 0 atom stereocenters. The lowest BCUT2D eigenvalue weighted by molar-refractivity contribution is 0.254. The number of rotatable bonds is 4. The van der Waals surface area contributed by atoms with E-state index in [2.05, 4.69) is 0 Å². The van der Waals surface area contributed by atoms with E-state index in [1.807, 2.05) is 0 Å². The zero-order valence-corrected chi connectivity index (χ0v) is 8.95. The van der Waals surface area contributed by atoms with Crippen LogP contribution in [0.1, 0.15) is 11.5 Å². The lowest BCUT2D eigenvalue weighted by atomic mass is 10.3. The highest BCUT2D eigenvalue weighted by Gasteiger charge is 2.07. The first-order chi connectivity index (χ1) is 8.19. The summed E-state index contributed by atoms with van der Waals surface area (Å²) < 4.78 is 36.4. The summed E-state index contributed by atoms with van der Waals surface area (Å²) in [4.78, 5) is 0. The number of hydrogen-bond acceptors (Lipinski definition) is 3. The Bertz CT molecular complexity index is 511. The summed E-state index contributed by atoms with van der Waals surface area (Å²) in [6.07, 6.45) is 0. The monoisotopic (exact) mass is 239 g/mol. The Morgan fingerprint density at radius 3 is 2.59 bits per heavy atom. The Morgan fingerprint density at radius 1 is 1.12 bits per heavy atom. The first-order valence-electron chi connectivity index (χ1n) is 5.04. The Balaban J connectivity index is 2.04. The van der Waals surface area contributed by atoms with Crippen LogP contribution in [-0.4, -0.2) is 0 Å². The van der Waals surface area contributed by atoms with Gasteiger partial charge in [0.15, 0.2) is 11.6 Å². The van der Waals surface area contributed by atoms with Gasteiger partial charge in [0, 0.05) is 6.07 Å². The van der Waals surface area contributed by atoms with E-state index >= 15 is 0 Å². The predicted octanol–water partition coefficient (Wildman–Crippen LogP) is 2.60. The zero-order chi connectivity index (χ0) is 12.3. The van der Waals surface area contributed by atoms with E-state index in [1.54, 1.807) is 12.1 Å². The molecule has 0 bridgehead atoms. The van der Waals surface area contributed by atoms with Crippen molar-refractivity contribution >= 4 is 0 Å². The second-order valence-electron chi connectivity index (χ2n) is 3.44. The van der Waals surface area contributed by atoms with E-state index in [0.29, 0.717) is 11.5 Å². The molecule has 0 saturated heterocycles. The number of nitrogens with two attached hydrogens (primary N) is 1. The average molecular weight is 239 g/mol. The third-order valence-corrected chi connectivity index (χ3v) is 2.18. The van der Waals surface area contributed by atoms with Crippen molar-refractivity contribution in [3.05, 3.63) is 53.5 Å². The van der Waals surface area contributed by atoms with E-state index in [-0.39, 0.29) is 18.9 Å². The topological polar surface area (TPSA) is 48.4 Å². The Kier molecular flexibility index (Phi) is 3.39. The average Bonchev–Trinajstić information content (AvgIpc) is 2.78. The van der Waals surface area contributed by atoms with Gasteiger partial charge >= 0.3 is 0 Å². The lowest BCUT2D eigenvalue weighted by Gasteiger charge is -2.05. The Labute approximate surface area is 96.8 Å². The van der Waals surface area contributed by atoms with Gasteiger partial charge < -0.3 is 14.9 Å². The minimum Gasteiger partial charge on any atom is -0.482 e. The van der Waals surface area contributed by atoms with E-state index < -0.39 is 11.6 Å². The van der Waals surface area contributed by atoms with Gasteiger partial charge in [0.1, 0.15) is 23.9 Å². The second-order valence-corrected chi connectivity index (χ2v) is 3.44. The Morgan fingerprint density at radius 2 is 1.88 bits per heavy atom. The smallest absolute Gasteiger partial charge is 0.165 e. The number of hydrogen-bond donors (Lipinski definition) is 1. The molecule has 3 nitrogen and oxygen atoms in total. The minimum absolute atomic E-state index is 0.0281. The highest BCUT2D eigenvalue weighted by atomic mass is 19.1. The summed E-state index contributed by atoms with van der Waals surface area (Å²) in [5, 5.41) is 0. The summed E-state index contributed by atoms with van der Waals surface area (Å²) >= 11 is 0. The van der Waals surface area contributed by atoms with Gasteiger partial charge in [0.25, 0.3) is 0 Å². The summed E-state index contributed by atoms with van der Waals surface area (Å²) in [6.45, 7) is 0.314. The maximum atomic E-state index is 13.2. The molecule has 1 aromatic carbocycles. The van der Waals surface area contributed by atoms with Crippen molar-refractivity contribution in [3.8, 4) is 5.75 Å². The summed E-state index contributed by atoms with van der Waals surface area (Å²) in [5.74, 6) is -0.186. The van der Waals surface area contributed by atoms with Crippen LogP contribution in [0.3, 0.4) is 0 Å². The Hall–Kier alpha value is -1.88. The molecule has 2 N–H and O–H groups in total. The molecule has 5 heteroatoms. The number of halogens is 2. The number of ether oxygens (including phenoxy) is 1. The largest absolute Gasteiger partial charge is 0.482 e. The summed E-state index contributed by atoms with van der Waals surface area (Å²) in [5.41, 5.74) is 5.37. The van der Waals surface area contributed by atoms with Gasteiger partial charge in [-0.15, -0.1) is 0 Å². The van der Waals surface area contributed by atoms with Gasteiger partial charge in [-0.2, -0.15) is 0 Å². The van der Waals surface area contributed by atoms with Gasteiger partial charge in [0.2, 0.25) is 0 Å². The number of benzene rings is 1. The van der Waals surface area contributed by atoms with Crippen LogP contribution in [0, 0.1) is 11.6 Å². The summed E-state index contributed by atoms with van der Waals surface area (Å²) in [6, 6.07) is 6.42. The standard InChI is InChI=1S/C12H11F2NO2/c13-8-1-4-11(14)12(5-8)16-7-10-3-2-9(6-15)17-10/h1-5H,6-7,15H2. The van der Waals surface area contributed by atoms with Gasteiger partial charge in [0.05, 0.1) is 6.54 Å². The fourth-order valence-corrected chi connectivity index (χ4v) is 1.35. The molecule has 17 heavy (non-hydrogen) atoms. The second kappa shape index (κ2) is 4.97. The molecule has 1 heterocycles. The van der Waals surface area contributed by atoms with E-state index in [4.69, 9.17) is 14.9 Å². The first-order valence-corrected chi connectivity index (χ1v) is 5.04. The first kappa shape index (κ1) is 11.6. The molecule has 1 aromatic heterocycles. The van der Waals surface area contributed by atoms with E-state index in [0.717, 1.165) is 18.2 Å². The van der Waals surface area contributed by atoms with Crippen LogP contribution in [-0.2, 0) is 13.2 Å². The van der Waals surface area contributed by atoms with Crippen molar-refractivity contribution in [2.24, 2.45) is 5.73 Å². The maximum Gasteiger partial charge on any atom is 0.165 e. The quantitative estimate of drug-likeness (QED) is 0.892. The molecule has 0 amide bonds. The van der Waals surface area contributed by atoms with Crippen LogP contribution in [0.15, 0.2) is 34.7 Å². The highest BCUT2D eigenvalue weighted by Crippen LogP contribution is 2.19. The van der Waals surface area contributed by atoms with Crippen LogP contribution in [0.5, 0.6) is 5.75 Å². The maximum absolute atomic E-state index is 13.2. The van der Waals surface area contributed by atoms with Crippen molar-refractivity contribution in [1.82, 2.24) is 0 Å². The molecule has 0 unspecified atom stereocenters. The van der Waals surface area contributed by atoms with Crippen LogP contribution < -0.4 is 10.5 Å². The van der Waals surface area contributed by atoms with Crippen molar-refractivity contribution in [2.75, 3.05) is 0 Å². The molecular formula is C12H11F2NO2. The number of furan rings is 1. The zero-order valence-electron chi connectivity index (χ0n) is 8.95. The van der Waals surface area contributed by atoms with Crippen molar-refractivity contribution < 1.29 is 17.9 Å². The van der Waals surface area contributed by atoms with Gasteiger partial charge in [-0.25, -0.2) is 8.78 Å². The molecule has 0 spiro atoms. The van der Waals surface area contributed by atoms with Gasteiger partial charge in [-0.3, -0.25) is 0 Å². The van der Waals surface area contributed by atoms with Crippen LogP contribution in [0.4, 0.5) is 8.78 Å². The van der Waals surface area contributed by atoms with Crippen LogP contribution in [0.25, 0.3) is 0 Å². The molecule has 90 valence electrons. The molecule has 0 saturated carbocycles. The van der Waals surface area contributed by atoms with Crippen molar-refractivity contribution in [3.63, 3.8) is 0 Å². The molecular weight excluding hydrogens is 228 g/mol. The molecule has 0 aliphatic rings. The van der Waals surface area contributed by atoms with E-state index in [9.17, 15) is 8.78 Å². The minimum atomic E-state index is -0.614. The van der Waals surface area contributed by atoms with Gasteiger partial charge in [-0.05, 0) is 24.3 Å². The molecule has 0 aliphatic carbocycles. The predicted molar refractivity (Wildman–Crippen MR) is 57.3 cm³/mol. The SMILES string of the molecule is NCc1ccc(COc2cc(F)ccc2F)o1. The molecule has 0 fully saturated rings. The fraction of sp³-hybridized carbons (Fsp3) is 0.167. The van der Waals surface area contributed by atoms with E-state index in [1.165, 1.54) is 0 Å².